The molecule has 20 nitrogen and oxygen atoms in total. The number of benzene rings is 3. The predicted octanol–water partition coefficient (Wildman–Crippen LogP) is 5.81. The number of rotatable bonds is 24. The molecule has 0 spiro atoms. The minimum Gasteiger partial charge on any atom is -0.481 e. The van der Waals surface area contributed by atoms with E-state index in [9.17, 15) is 53.0 Å². The molecule has 22 heteroatoms. The van der Waals surface area contributed by atoms with Gasteiger partial charge in [-0.1, -0.05) is 58.0 Å². The van der Waals surface area contributed by atoms with Crippen LogP contribution in [0.25, 0.3) is 22.0 Å². The molecule has 0 aliphatic heterocycles. The van der Waals surface area contributed by atoms with E-state index in [0.717, 1.165) is 10.2 Å². The van der Waals surface area contributed by atoms with Crippen molar-refractivity contribution in [3.8, 4) is 11.1 Å². The number of carbonyl (C=O) groups excluding carboxylic acids is 5. The van der Waals surface area contributed by atoms with Crippen LogP contribution in [0.5, 0.6) is 0 Å². The van der Waals surface area contributed by atoms with E-state index >= 15 is 0 Å². The normalized spacial score (nSPS) is 13.0. The van der Waals surface area contributed by atoms with Gasteiger partial charge in [-0.3, -0.25) is 48.9 Å². The molecule has 0 bridgehead atoms. The summed E-state index contributed by atoms with van der Waals surface area (Å²) in [6.07, 6.45) is -1.62. The van der Waals surface area contributed by atoms with E-state index in [1.807, 2.05) is 0 Å². The van der Waals surface area contributed by atoms with Crippen molar-refractivity contribution in [1.82, 2.24) is 25.1 Å². The SMILES string of the molecule is CCC(CC)(N[C@@H](CCC(=O)O)C(=O)O)C(=O)CC[C@H](NC(CC)(CC)C(=O)[C@@H](N)CC(=O)NSC(=O)n1nc(N)c2c(-c3ccc(NC(=O)Nc4cc(C)ccc4F)cc3)cccc21)C(=O)O. The Morgan fingerprint density at radius 2 is 1.38 bits per heavy atom. The molecular weight excluding hydrogens is 906 g/mol. The maximum atomic E-state index is 14.2. The topological polar surface area (TPSA) is 327 Å². The number of amides is 3. The first-order valence-corrected chi connectivity index (χ1v) is 22.7. The summed E-state index contributed by atoms with van der Waals surface area (Å²) in [4.78, 5) is 102. The van der Waals surface area contributed by atoms with Crippen LogP contribution in [0.2, 0.25) is 0 Å². The number of nitrogen functional groups attached to an aromatic ring is 1. The van der Waals surface area contributed by atoms with Gasteiger partial charge < -0.3 is 37.4 Å². The number of Topliss-reactive ketones (excluding diaryl/α,β-unsaturated/α-hetero) is 2. The molecule has 3 amide bonds. The fourth-order valence-electron chi connectivity index (χ4n) is 7.93. The van der Waals surface area contributed by atoms with Crippen LogP contribution in [-0.4, -0.2) is 101 Å². The molecule has 0 fully saturated rings. The van der Waals surface area contributed by atoms with Gasteiger partial charge in [-0.25, -0.2) is 9.18 Å². The Morgan fingerprint density at radius 3 is 1.96 bits per heavy atom. The molecule has 0 unspecified atom stereocenters. The summed E-state index contributed by atoms with van der Waals surface area (Å²) >= 11 is 0.369. The number of hydrogen-bond donors (Lipinski definition) is 10. The Labute approximate surface area is 395 Å². The van der Waals surface area contributed by atoms with Gasteiger partial charge in [0.2, 0.25) is 5.91 Å². The first-order chi connectivity index (χ1) is 32.1. The van der Waals surface area contributed by atoms with Crippen molar-refractivity contribution < 1.29 is 58.1 Å². The van der Waals surface area contributed by atoms with Crippen molar-refractivity contribution in [1.29, 1.82) is 0 Å². The molecule has 4 aromatic rings. The van der Waals surface area contributed by atoms with Crippen LogP contribution in [0.15, 0.2) is 60.7 Å². The lowest BCUT2D eigenvalue weighted by atomic mass is 9.81. The molecule has 3 aromatic carbocycles. The average Bonchev–Trinajstić information content (AvgIpc) is 3.65. The second kappa shape index (κ2) is 23.8. The van der Waals surface area contributed by atoms with Crippen LogP contribution < -0.4 is 37.5 Å². The third-order valence-corrected chi connectivity index (χ3v) is 12.6. The van der Waals surface area contributed by atoms with E-state index in [1.54, 1.807) is 83.1 Å². The van der Waals surface area contributed by atoms with Gasteiger partial charge in [0.1, 0.15) is 17.9 Å². The van der Waals surface area contributed by atoms with Crippen molar-refractivity contribution in [2.24, 2.45) is 5.73 Å². The number of aryl methyl sites for hydroxylation is 1. The molecule has 0 aliphatic rings. The van der Waals surface area contributed by atoms with Crippen LogP contribution in [0.3, 0.4) is 0 Å². The second-order valence-electron chi connectivity index (χ2n) is 16.2. The minimum atomic E-state index is -1.55. The van der Waals surface area contributed by atoms with Gasteiger partial charge in [0, 0.05) is 24.9 Å². The molecule has 366 valence electrons. The maximum Gasteiger partial charge on any atom is 0.327 e. The van der Waals surface area contributed by atoms with Gasteiger partial charge in [0.15, 0.2) is 17.4 Å². The molecule has 4 rings (SSSR count). The highest BCUT2D eigenvalue weighted by Gasteiger charge is 2.43. The third kappa shape index (κ3) is 13.2. The number of carboxylic acids is 3. The molecule has 0 aliphatic carbocycles. The van der Waals surface area contributed by atoms with E-state index in [4.69, 9.17) is 16.6 Å². The van der Waals surface area contributed by atoms with E-state index in [0.29, 0.717) is 39.7 Å². The highest BCUT2D eigenvalue weighted by Crippen LogP contribution is 2.34. The van der Waals surface area contributed by atoms with E-state index in [2.05, 4.69) is 31.1 Å². The highest BCUT2D eigenvalue weighted by molar-refractivity contribution is 8.12. The zero-order chi connectivity index (χ0) is 50.5. The van der Waals surface area contributed by atoms with Crippen LogP contribution in [0, 0.1) is 12.7 Å². The fourth-order valence-corrected chi connectivity index (χ4v) is 8.44. The number of nitrogens with one attached hydrogen (secondary N) is 5. The lowest BCUT2D eigenvalue weighted by Crippen LogP contribution is -2.62. The molecule has 1 heterocycles. The largest absolute Gasteiger partial charge is 0.481 e. The molecule has 0 radical (unpaired) electrons. The first kappa shape index (κ1) is 53.9. The summed E-state index contributed by atoms with van der Waals surface area (Å²) in [6, 6.07) is 11.1. The third-order valence-electron chi connectivity index (χ3n) is 11.9. The number of carboxylic acid groups (broad SMARTS) is 3. The number of halogens is 1. The molecule has 12 N–H and O–H groups in total. The van der Waals surface area contributed by atoms with Gasteiger partial charge in [-0.2, -0.15) is 4.68 Å². The number of hydrogen-bond acceptors (Lipinski definition) is 14. The van der Waals surface area contributed by atoms with E-state index in [-0.39, 0.29) is 56.5 Å². The van der Waals surface area contributed by atoms with Gasteiger partial charge in [-0.15, -0.1) is 5.10 Å². The minimum absolute atomic E-state index is 0.00350. The summed E-state index contributed by atoms with van der Waals surface area (Å²) < 4.78 is 17.5. The number of nitrogens with two attached hydrogens (primary N) is 2. The number of nitrogens with zero attached hydrogens (tertiary/aromatic N) is 2. The van der Waals surface area contributed by atoms with Crippen molar-refractivity contribution in [2.45, 2.75) is 122 Å². The first-order valence-electron chi connectivity index (χ1n) is 21.9. The smallest absolute Gasteiger partial charge is 0.327 e. The van der Waals surface area contributed by atoms with Crippen LogP contribution in [0.4, 0.5) is 31.2 Å². The van der Waals surface area contributed by atoms with Crippen molar-refractivity contribution >= 4 is 86.7 Å². The molecule has 68 heavy (non-hydrogen) atoms. The Bertz CT molecular complexity index is 2530. The number of carbonyl (C=O) groups is 8. The summed E-state index contributed by atoms with van der Waals surface area (Å²) in [7, 11) is 0. The zero-order valence-corrected chi connectivity index (χ0v) is 39.1. The highest BCUT2D eigenvalue weighted by atomic mass is 32.2. The number of aliphatic carboxylic acids is 3. The lowest BCUT2D eigenvalue weighted by molar-refractivity contribution is -0.142. The van der Waals surface area contributed by atoms with E-state index < -0.39 is 94.5 Å². The quantitative estimate of drug-likeness (QED) is 0.0370. The van der Waals surface area contributed by atoms with Crippen molar-refractivity contribution in [3.05, 3.63) is 72.0 Å². The van der Waals surface area contributed by atoms with Crippen molar-refractivity contribution in [2.75, 3.05) is 16.4 Å². The van der Waals surface area contributed by atoms with E-state index in [1.165, 1.54) is 12.1 Å². The summed E-state index contributed by atoms with van der Waals surface area (Å²) in [6.45, 7) is 8.33. The van der Waals surface area contributed by atoms with Crippen LogP contribution in [0.1, 0.15) is 91.0 Å². The maximum absolute atomic E-state index is 14.2. The fraction of sp³-hybridized carbons (Fsp3) is 0.413. The van der Waals surface area contributed by atoms with Gasteiger partial charge in [0.05, 0.1) is 45.7 Å². The summed E-state index contributed by atoms with van der Waals surface area (Å²) in [5.74, 6) is -6.48. The predicted molar refractivity (Wildman–Crippen MR) is 254 cm³/mol. The Kier molecular flexibility index (Phi) is 18.9. The number of aromatic nitrogens is 2. The molecule has 0 saturated heterocycles. The van der Waals surface area contributed by atoms with Crippen LogP contribution >= 0.6 is 11.9 Å². The Hall–Kier alpha value is -6.75. The molecule has 0 saturated carbocycles. The molecular formula is C46H58FN9O11S. The van der Waals surface area contributed by atoms with Crippen molar-refractivity contribution in [3.63, 3.8) is 0 Å². The Morgan fingerprint density at radius 1 is 0.794 bits per heavy atom. The average molecular weight is 964 g/mol. The Balaban J connectivity index is 1.39. The molecule has 1 aromatic heterocycles. The summed E-state index contributed by atoms with van der Waals surface area (Å²) in [5.41, 5.74) is 12.4. The number of anilines is 3. The standard InChI is InChI=1S/C46H58FN9O11S/c1-6-45(7-2,52-32(42(64)65)20-22-37(59)60)35(57)21-19-31(41(62)63)53-46(8-3,9-4)39(61)30(48)24-36(58)55-68-44(67)56-34-12-10-11-28(38(34)40(49)54-56)26-14-16-27(17-15-26)50-43(66)51-33-23-25(5)13-18-29(33)47/h10-18,23,30-32,52-53H,6-9,19-22,24,48H2,1-5H3,(H2,49,54)(H,55,58)(H,59,60)(H,62,63)(H,64,65)(H2,50,51,66)/t30-,31-,32-/m0/s1. The van der Waals surface area contributed by atoms with Gasteiger partial charge in [-0.05, 0) is 92.5 Å². The monoisotopic (exact) mass is 963 g/mol. The molecule has 3 atom stereocenters. The number of ketones is 2. The second-order valence-corrected chi connectivity index (χ2v) is 17.0. The number of urea groups is 1. The van der Waals surface area contributed by atoms with Crippen LogP contribution in [-0.2, 0) is 28.8 Å². The van der Waals surface area contributed by atoms with Gasteiger partial charge >= 0.3 is 29.2 Å². The zero-order valence-electron chi connectivity index (χ0n) is 38.3. The lowest BCUT2D eigenvalue weighted by Gasteiger charge is -2.37. The number of fused-ring (bicyclic) bond motifs is 1. The summed E-state index contributed by atoms with van der Waals surface area (Å²) in [5, 5.41) is 43.7. The van der Waals surface area contributed by atoms with Gasteiger partial charge in [0.25, 0.3) is 0 Å².